The lowest BCUT2D eigenvalue weighted by Crippen LogP contribution is -2.74. The van der Waals surface area contributed by atoms with Crippen molar-refractivity contribution >= 4 is 52.4 Å². The highest BCUT2D eigenvalue weighted by molar-refractivity contribution is 6.39. The van der Waals surface area contributed by atoms with Gasteiger partial charge in [-0.1, -0.05) is 55.2 Å². The summed E-state index contributed by atoms with van der Waals surface area (Å²) in [5, 5.41) is 3.01. The summed E-state index contributed by atoms with van der Waals surface area (Å²) in [7, 11) is 0. The molecule has 1 spiro atoms. The molecule has 2 aromatic carbocycles. The number of hydrogen-bond acceptors (Lipinski definition) is 4. The number of benzene rings is 2. The second-order valence-electron chi connectivity index (χ2n) is 9.19. The normalized spacial score (nSPS) is 29.6. The number of carbonyl (C=O) groups excluding carboxylic acids is 3. The number of carbonyl (C=O) groups is 3. The monoisotopic (exact) mass is 471 g/mol. The summed E-state index contributed by atoms with van der Waals surface area (Å²) in [5.41, 5.74) is 0.690. The zero-order valence-electron chi connectivity index (χ0n) is 17.8. The number of nitrogens with zero attached hydrogens (tertiary/aromatic N) is 2. The summed E-state index contributed by atoms with van der Waals surface area (Å²) >= 11 is 12.5. The smallest absolute Gasteiger partial charge is 0.335 e. The van der Waals surface area contributed by atoms with Crippen LogP contribution >= 0.6 is 23.2 Å². The van der Waals surface area contributed by atoms with Crippen LogP contribution in [0.2, 0.25) is 10.0 Å². The second kappa shape index (κ2) is 7.49. The lowest BCUT2D eigenvalue weighted by molar-refractivity contribution is -0.146. The van der Waals surface area contributed by atoms with E-state index >= 15 is 0 Å². The van der Waals surface area contributed by atoms with Gasteiger partial charge in [0.15, 0.2) is 5.41 Å². The van der Waals surface area contributed by atoms with E-state index in [1.54, 1.807) is 6.07 Å². The maximum atomic E-state index is 14.2. The second-order valence-corrected chi connectivity index (χ2v) is 10.0. The predicted octanol–water partition coefficient (Wildman–Crippen LogP) is 4.67. The highest BCUT2D eigenvalue weighted by atomic mass is 35.5. The van der Waals surface area contributed by atoms with Crippen molar-refractivity contribution in [2.24, 2.45) is 17.3 Å². The molecule has 32 heavy (non-hydrogen) atoms. The Bertz CT molecular complexity index is 1150. The summed E-state index contributed by atoms with van der Waals surface area (Å²) in [5.74, 6) is -0.632. The van der Waals surface area contributed by atoms with Gasteiger partial charge in [-0.3, -0.25) is 14.9 Å². The van der Waals surface area contributed by atoms with Crippen LogP contribution in [0.5, 0.6) is 0 Å². The number of hydrogen-bond donors (Lipinski definition) is 1. The number of amides is 4. The lowest BCUT2D eigenvalue weighted by atomic mass is 9.62. The fourth-order valence-corrected chi connectivity index (χ4v) is 6.25. The predicted molar refractivity (Wildman–Crippen MR) is 124 cm³/mol. The maximum absolute atomic E-state index is 14.2. The minimum absolute atomic E-state index is 0.0618. The lowest BCUT2D eigenvalue weighted by Gasteiger charge is -2.56. The molecule has 4 atom stereocenters. The molecule has 2 saturated heterocycles. The third kappa shape index (κ3) is 2.96. The van der Waals surface area contributed by atoms with Gasteiger partial charge in [0.25, 0.3) is 5.91 Å². The number of urea groups is 1. The molecule has 0 bridgehead atoms. The van der Waals surface area contributed by atoms with Crippen LogP contribution in [0, 0.1) is 17.3 Å². The first-order valence-electron chi connectivity index (χ1n) is 10.7. The van der Waals surface area contributed by atoms with E-state index in [0.29, 0.717) is 10.9 Å². The zero-order valence-corrected chi connectivity index (χ0v) is 19.3. The summed E-state index contributed by atoms with van der Waals surface area (Å²) < 4.78 is 0. The van der Waals surface area contributed by atoms with Gasteiger partial charge in [-0.05, 0) is 54.5 Å². The van der Waals surface area contributed by atoms with Crippen LogP contribution in [-0.2, 0) is 16.0 Å². The molecule has 2 fully saturated rings. The van der Waals surface area contributed by atoms with Gasteiger partial charge in [0.05, 0.1) is 16.8 Å². The van der Waals surface area contributed by atoms with Crippen LogP contribution in [0.4, 0.5) is 16.2 Å². The Balaban J connectivity index is 1.71. The Morgan fingerprint density at radius 2 is 1.78 bits per heavy atom. The molecule has 5 rings (SSSR count). The van der Waals surface area contributed by atoms with Gasteiger partial charge >= 0.3 is 6.03 Å². The number of fused-ring (bicyclic) bond motifs is 4. The molecule has 3 aliphatic heterocycles. The highest BCUT2D eigenvalue weighted by Crippen LogP contribution is 2.50. The van der Waals surface area contributed by atoms with Gasteiger partial charge in [-0.2, -0.15) is 0 Å². The van der Waals surface area contributed by atoms with Gasteiger partial charge in [-0.25, -0.2) is 9.69 Å². The van der Waals surface area contributed by atoms with E-state index in [2.05, 4.69) is 24.1 Å². The molecule has 3 heterocycles. The Hall–Kier alpha value is -2.57. The molecule has 1 N–H and O–H groups in total. The summed E-state index contributed by atoms with van der Waals surface area (Å²) in [6.45, 7) is 5.00. The van der Waals surface area contributed by atoms with Crippen molar-refractivity contribution in [1.82, 2.24) is 5.32 Å². The largest absolute Gasteiger partial charge is 0.366 e. The molecule has 6 nitrogen and oxygen atoms in total. The van der Waals surface area contributed by atoms with Gasteiger partial charge < -0.3 is 4.90 Å². The molecule has 0 radical (unpaired) electrons. The van der Waals surface area contributed by atoms with E-state index in [0.717, 1.165) is 29.1 Å². The number of para-hydroxylation sites is 1. The molecule has 0 aromatic heterocycles. The molecule has 3 aliphatic rings. The minimum atomic E-state index is -1.45. The number of barbiturate groups is 1. The average Bonchev–Trinajstić information content (AvgIpc) is 2.74. The topological polar surface area (TPSA) is 69.7 Å². The molecule has 8 heteroatoms. The average molecular weight is 472 g/mol. The van der Waals surface area contributed by atoms with Gasteiger partial charge in [0.2, 0.25) is 5.91 Å². The Kier molecular flexibility index (Phi) is 4.98. The zero-order chi connectivity index (χ0) is 22.8. The number of halogens is 2. The Morgan fingerprint density at radius 3 is 2.56 bits per heavy atom. The third-order valence-corrected chi connectivity index (χ3v) is 7.55. The van der Waals surface area contributed by atoms with Crippen molar-refractivity contribution in [3.05, 3.63) is 58.1 Å². The van der Waals surface area contributed by atoms with Crippen molar-refractivity contribution in [1.29, 1.82) is 0 Å². The Morgan fingerprint density at radius 1 is 1.03 bits per heavy atom. The van der Waals surface area contributed by atoms with Crippen LogP contribution in [0.1, 0.15) is 25.8 Å². The molecule has 2 aromatic rings. The standard InChI is InChI=1S/C24H23Cl2N3O3/c1-13-9-14(2)20-24(11-15-5-3-4-6-18(15)28(20)12-13)21(30)27-23(32)29(22(24)31)19-10-16(25)7-8-17(19)26/h3-8,10,13-14,20H,9,11-12H2,1-2H3,(H,27,30,32)/t13-,14-,20-,24+/m1/s1. The van der Waals surface area contributed by atoms with Crippen LogP contribution in [-0.4, -0.2) is 30.4 Å². The molecular weight excluding hydrogens is 449 g/mol. The van der Waals surface area contributed by atoms with E-state index in [9.17, 15) is 14.4 Å². The van der Waals surface area contributed by atoms with Crippen molar-refractivity contribution in [3.8, 4) is 0 Å². The number of anilines is 2. The summed E-state index contributed by atoms with van der Waals surface area (Å²) in [6.07, 6.45) is 1.10. The quantitative estimate of drug-likeness (QED) is 0.613. The number of imide groups is 2. The molecular formula is C24H23Cl2N3O3. The fraction of sp³-hybridized carbons (Fsp3) is 0.375. The van der Waals surface area contributed by atoms with Crippen LogP contribution in [0.3, 0.4) is 0 Å². The number of nitrogens with one attached hydrogen (secondary N) is 1. The van der Waals surface area contributed by atoms with E-state index in [1.165, 1.54) is 12.1 Å². The molecule has 0 aliphatic carbocycles. The fourth-order valence-electron chi connectivity index (χ4n) is 5.89. The number of piperidine rings is 1. The van der Waals surface area contributed by atoms with Crippen LogP contribution in [0.15, 0.2) is 42.5 Å². The van der Waals surface area contributed by atoms with E-state index in [1.807, 2.05) is 24.3 Å². The van der Waals surface area contributed by atoms with Gasteiger partial charge in [0, 0.05) is 17.3 Å². The highest BCUT2D eigenvalue weighted by Gasteiger charge is 2.64. The van der Waals surface area contributed by atoms with E-state index < -0.39 is 23.3 Å². The van der Waals surface area contributed by atoms with Gasteiger partial charge in [0.1, 0.15) is 0 Å². The Labute approximate surface area is 196 Å². The SMILES string of the molecule is C[C@@H]1C[C@@H](C)[C@H]2N(C1)c1ccccc1C[C@@]21C(=O)NC(=O)N(c2cc(Cl)ccc2Cl)C1=O. The van der Waals surface area contributed by atoms with Crippen molar-refractivity contribution < 1.29 is 14.4 Å². The first kappa shape index (κ1) is 21.3. The summed E-state index contributed by atoms with van der Waals surface area (Å²) in [6, 6.07) is 11.3. The third-order valence-electron chi connectivity index (χ3n) is 7.00. The molecule has 0 unspecified atom stereocenters. The first-order chi connectivity index (χ1) is 15.2. The van der Waals surface area contributed by atoms with Crippen molar-refractivity contribution in [2.45, 2.75) is 32.7 Å². The van der Waals surface area contributed by atoms with Crippen molar-refractivity contribution in [2.75, 3.05) is 16.3 Å². The van der Waals surface area contributed by atoms with Crippen molar-refractivity contribution in [3.63, 3.8) is 0 Å². The van der Waals surface area contributed by atoms with Crippen LogP contribution < -0.4 is 15.1 Å². The summed E-state index contributed by atoms with van der Waals surface area (Å²) in [4.78, 5) is 43.8. The maximum Gasteiger partial charge on any atom is 0.335 e. The minimum Gasteiger partial charge on any atom is -0.366 e. The van der Waals surface area contributed by atoms with Crippen LogP contribution in [0.25, 0.3) is 0 Å². The van der Waals surface area contributed by atoms with Gasteiger partial charge in [-0.15, -0.1) is 0 Å². The molecule has 166 valence electrons. The number of rotatable bonds is 1. The molecule has 0 saturated carbocycles. The van der Waals surface area contributed by atoms with E-state index in [4.69, 9.17) is 23.2 Å². The van der Waals surface area contributed by atoms with E-state index in [-0.39, 0.29) is 29.1 Å². The first-order valence-corrected chi connectivity index (χ1v) is 11.5. The molecule has 4 amide bonds.